The topological polar surface area (TPSA) is 89.4 Å². The molecule has 0 aliphatic heterocycles. The second-order valence-corrected chi connectivity index (χ2v) is 10.1. The minimum atomic E-state index is -0.434. The van der Waals surface area contributed by atoms with E-state index < -0.39 is 5.97 Å². The number of phenols is 1. The molecule has 1 atom stereocenters. The highest BCUT2D eigenvalue weighted by molar-refractivity contribution is 6.12. The van der Waals surface area contributed by atoms with E-state index in [1.165, 1.54) is 12.7 Å². The van der Waals surface area contributed by atoms with E-state index in [0.29, 0.717) is 36.5 Å². The molecule has 1 aliphatic rings. The first kappa shape index (κ1) is 26.1. The molecule has 0 amide bonds. The summed E-state index contributed by atoms with van der Waals surface area (Å²) in [4.78, 5) is 31.9. The average Bonchev–Trinajstić information content (AvgIpc) is 3.02. The van der Waals surface area contributed by atoms with E-state index in [1.54, 1.807) is 18.5 Å². The summed E-state index contributed by atoms with van der Waals surface area (Å²) in [7, 11) is 1.33. The smallest absolute Gasteiger partial charge is 0.356 e. The van der Waals surface area contributed by atoms with Crippen LogP contribution < -0.4 is 0 Å². The van der Waals surface area contributed by atoms with Crippen molar-refractivity contribution in [3.05, 3.63) is 126 Å². The van der Waals surface area contributed by atoms with Crippen molar-refractivity contribution in [1.29, 1.82) is 0 Å². The molecule has 202 valence electrons. The molecule has 0 bridgehead atoms. The van der Waals surface area contributed by atoms with Crippen molar-refractivity contribution < 1.29 is 19.4 Å². The number of pyridine rings is 2. The van der Waals surface area contributed by atoms with Crippen molar-refractivity contribution in [2.24, 2.45) is 0 Å². The number of carbonyl (C=O) groups is 2. The lowest BCUT2D eigenvalue weighted by molar-refractivity contribution is -0.120. The van der Waals surface area contributed by atoms with Crippen LogP contribution >= 0.6 is 0 Å². The van der Waals surface area contributed by atoms with E-state index in [9.17, 15) is 14.7 Å². The Bertz CT molecular complexity index is 1920. The normalized spacial score (nSPS) is 14.4. The van der Waals surface area contributed by atoms with Gasteiger partial charge < -0.3 is 9.84 Å². The number of aromatic nitrogens is 2. The van der Waals surface area contributed by atoms with Crippen molar-refractivity contribution in [3.63, 3.8) is 0 Å². The lowest BCUT2D eigenvalue weighted by Crippen LogP contribution is -2.22. The largest absolute Gasteiger partial charge is 0.507 e. The van der Waals surface area contributed by atoms with Crippen LogP contribution in [-0.4, -0.2) is 33.9 Å². The molecule has 6 nitrogen and oxygen atoms in total. The van der Waals surface area contributed by atoms with Crippen LogP contribution in [0.3, 0.4) is 0 Å². The van der Waals surface area contributed by atoms with E-state index in [4.69, 9.17) is 0 Å². The third kappa shape index (κ3) is 5.12. The molecule has 41 heavy (non-hydrogen) atoms. The van der Waals surface area contributed by atoms with Gasteiger partial charge in [0.15, 0.2) is 0 Å². The van der Waals surface area contributed by atoms with E-state index in [0.717, 1.165) is 43.6 Å². The molecule has 2 aromatic heterocycles. The lowest BCUT2D eigenvalue weighted by Gasteiger charge is -2.26. The Morgan fingerprint density at radius 2 is 1.66 bits per heavy atom. The number of ketones is 1. The van der Waals surface area contributed by atoms with Crippen LogP contribution in [0.15, 0.2) is 103 Å². The summed E-state index contributed by atoms with van der Waals surface area (Å²) in [6.45, 7) is 0. The zero-order valence-electron chi connectivity index (χ0n) is 22.6. The minimum Gasteiger partial charge on any atom is -0.507 e. The summed E-state index contributed by atoms with van der Waals surface area (Å²) in [5, 5.41) is 15.8. The predicted molar refractivity (Wildman–Crippen MR) is 160 cm³/mol. The highest BCUT2D eigenvalue weighted by atomic mass is 16.5. The maximum Gasteiger partial charge on any atom is 0.356 e. The molecule has 1 unspecified atom stereocenters. The molecular weight excluding hydrogens is 512 g/mol. The van der Waals surface area contributed by atoms with Gasteiger partial charge in [0.25, 0.3) is 0 Å². The van der Waals surface area contributed by atoms with Crippen LogP contribution in [0.4, 0.5) is 0 Å². The van der Waals surface area contributed by atoms with Gasteiger partial charge in [-0.1, -0.05) is 72.8 Å². The number of phenolic OH excluding ortho intramolecular Hbond substituents is 1. The summed E-state index contributed by atoms with van der Waals surface area (Å²) >= 11 is 0. The number of aryl methyl sites for hydroxylation is 1. The number of carbonyl (C=O) groups excluding carboxylic acids is 2. The van der Waals surface area contributed by atoms with Gasteiger partial charge in [-0.25, -0.2) is 9.78 Å². The highest BCUT2D eigenvalue weighted by Gasteiger charge is 2.29. The third-order valence-corrected chi connectivity index (χ3v) is 7.70. The van der Waals surface area contributed by atoms with E-state index >= 15 is 0 Å². The summed E-state index contributed by atoms with van der Waals surface area (Å²) < 4.78 is 4.56. The summed E-state index contributed by atoms with van der Waals surface area (Å²) in [6.07, 6.45) is 5.19. The van der Waals surface area contributed by atoms with Gasteiger partial charge in [-0.15, -0.1) is 0 Å². The molecule has 7 rings (SSSR count). The Kier molecular flexibility index (Phi) is 7.13. The molecule has 2 heterocycles. The van der Waals surface area contributed by atoms with Gasteiger partial charge in [0.1, 0.15) is 17.2 Å². The van der Waals surface area contributed by atoms with Crippen LogP contribution in [0.25, 0.3) is 32.4 Å². The predicted octanol–water partition coefficient (Wildman–Crippen LogP) is 6.96. The fourth-order valence-electron chi connectivity index (χ4n) is 5.73. The van der Waals surface area contributed by atoms with Gasteiger partial charge >= 0.3 is 5.97 Å². The molecule has 4 aromatic carbocycles. The van der Waals surface area contributed by atoms with E-state index in [-0.39, 0.29) is 5.92 Å². The molecule has 1 N–H and O–H groups in total. The Balaban J connectivity index is 0.000000182. The van der Waals surface area contributed by atoms with Crippen LogP contribution in [0.1, 0.15) is 39.5 Å². The second-order valence-electron chi connectivity index (χ2n) is 10.1. The minimum absolute atomic E-state index is 0.133. The van der Waals surface area contributed by atoms with Gasteiger partial charge in [0.2, 0.25) is 0 Å². The van der Waals surface area contributed by atoms with Crippen LogP contribution in [0, 0.1) is 0 Å². The first-order valence-corrected chi connectivity index (χ1v) is 13.6. The van der Waals surface area contributed by atoms with Crippen LogP contribution in [-0.2, 0) is 22.4 Å². The summed E-state index contributed by atoms with van der Waals surface area (Å²) in [6, 6.07) is 29.7. The monoisotopic (exact) mass is 540 g/mol. The summed E-state index contributed by atoms with van der Waals surface area (Å²) in [5.41, 5.74) is 4.45. The maximum atomic E-state index is 12.7. The van der Waals surface area contributed by atoms with Crippen LogP contribution in [0.5, 0.6) is 5.75 Å². The first-order chi connectivity index (χ1) is 20.0. The number of nitrogens with zero attached hydrogens (tertiary/aromatic N) is 2. The maximum absolute atomic E-state index is 12.7. The highest BCUT2D eigenvalue weighted by Crippen LogP contribution is 2.42. The Morgan fingerprint density at radius 1 is 0.878 bits per heavy atom. The Morgan fingerprint density at radius 3 is 2.49 bits per heavy atom. The van der Waals surface area contributed by atoms with E-state index in [2.05, 4.69) is 45.0 Å². The number of hydrogen-bond acceptors (Lipinski definition) is 6. The molecule has 6 heteroatoms. The third-order valence-electron chi connectivity index (χ3n) is 7.70. The molecule has 0 saturated carbocycles. The number of aromatic hydroxyl groups is 1. The molecule has 0 fully saturated rings. The molecule has 1 aliphatic carbocycles. The number of rotatable bonds is 3. The molecule has 0 saturated heterocycles. The zero-order valence-corrected chi connectivity index (χ0v) is 22.6. The molecule has 0 radical (unpaired) electrons. The van der Waals surface area contributed by atoms with Gasteiger partial charge in [0.05, 0.1) is 18.8 Å². The van der Waals surface area contributed by atoms with Gasteiger partial charge in [-0.05, 0) is 63.9 Å². The molecule has 6 aromatic rings. The number of fused-ring (bicyclic) bond motifs is 6. The number of Topliss-reactive ketones (excluding diaryl/α,β-unsaturated/α-hetero) is 1. The number of ether oxygens (including phenoxy) is 1. The van der Waals surface area contributed by atoms with Crippen molar-refractivity contribution in [2.75, 3.05) is 7.11 Å². The average molecular weight is 541 g/mol. The number of esters is 1. The fourth-order valence-corrected chi connectivity index (χ4v) is 5.73. The summed E-state index contributed by atoms with van der Waals surface area (Å²) in [5.74, 6) is 0.0431. The quantitative estimate of drug-likeness (QED) is 0.193. The standard InChI is InChI=1S/C25H20O2.C10H8N2O2/c26-23-13-12-21-19(22(23)14-16-6-2-1-3-7-16)10-11-20-18-9-5-4-8-17(18)15-24(27)25(20)21;1-14-10(13)8-5-7-3-2-4-11-9(7)6-12-8/h1-11,15,22,27H,12-14H2;2-6H,1H3. The molecular formula is C35H28N2O4. The van der Waals surface area contributed by atoms with Crippen molar-refractivity contribution in [3.8, 4) is 5.75 Å². The Labute approximate surface area is 237 Å². The van der Waals surface area contributed by atoms with Crippen molar-refractivity contribution >= 4 is 44.2 Å². The van der Waals surface area contributed by atoms with Crippen molar-refractivity contribution in [1.82, 2.24) is 9.97 Å². The fraction of sp³-hybridized carbons (Fsp3) is 0.143. The second kappa shape index (κ2) is 11.2. The number of methoxy groups -OCH3 is 1. The number of hydrogen-bond donors (Lipinski definition) is 1. The van der Waals surface area contributed by atoms with E-state index in [1.807, 2.05) is 54.6 Å². The first-order valence-electron chi connectivity index (χ1n) is 13.6. The lowest BCUT2D eigenvalue weighted by atomic mass is 9.76. The SMILES string of the molecule is COC(=O)c1cc2cccnc2cn1.O=C1CCc2c(ccc3c2c(O)cc2ccccc23)C1Cc1ccccc1. The van der Waals surface area contributed by atoms with Crippen LogP contribution in [0.2, 0.25) is 0 Å². The van der Waals surface area contributed by atoms with Gasteiger partial charge in [0, 0.05) is 29.3 Å². The number of benzene rings is 4. The molecule has 0 spiro atoms. The van der Waals surface area contributed by atoms with Gasteiger partial charge in [-0.3, -0.25) is 9.78 Å². The Hall–Kier alpha value is -5.10. The zero-order chi connectivity index (χ0) is 28.3. The van der Waals surface area contributed by atoms with Gasteiger partial charge in [-0.2, -0.15) is 0 Å². The van der Waals surface area contributed by atoms with Crippen molar-refractivity contribution in [2.45, 2.75) is 25.2 Å².